The molecule has 0 aliphatic carbocycles. The van der Waals surface area contributed by atoms with Crippen LogP contribution >= 0.6 is 11.3 Å². The number of rotatable bonds is 5. The quantitative estimate of drug-likeness (QED) is 0.522. The zero-order valence-electron chi connectivity index (χ0n) is 16.0. The van der Waals surface area contributed by atoms with Crippen molar-refractivity contribution in [2.24, 2.45) is 0 Å². The van der Waals surface area contributed by atoms with E-state index in [1.54, 1.807) is 11.3 Å². The first-order valence-corrected chi connectivity index (χ1v) is 9.94. The average molecular weight is 391 g/mol. The predicted molar refractivity (Wildman–Crippen MR) is 110 cm³/mol. The third kappa shape index (κ3) is 3.39. The molecule has 4 rings (SSSR count). The van der Waals surface area contributed by atoms with Crippen LogP contribution in [0.3, 0.4) is 0 Å². The Hall–Kier alpha value is -3.12. The van der Waals surface area contributed by atoms with Crippen LogP contribution in [0, 0.1) is 20.8 Å². The summed E-state index contributed by atoms with van der Waals surface area (Å²) in [4.78, 5) is 14.3. The molecule has 0 aliphatic heterocycles. The fraction of sp³-hybridized carbons (Fsp3) is 0.182. The molecule has 0 aliphatic rings. The lowest BCUT2D eigenvalue weighted by Crippen LogP contribution is -2.29. The summed E-state index contributed by atoms with van der Waals surface area (Å²) in [5, 5.41) is 9.32. The lowest BCUT2D eigenvalue weighted by molar-refractivity contribution is 0.0943. The van der Waals surface area contributed by atoms with Gasteiger partial charge in [-0.3, -0.25) is 9.36 Å². The van der Waals surface area contributed by atoms with Gasteiger partial charge in [0.05, 0.1) is 11.6 Å². The number of nitrogens with zero attached hydrogens (tertiary/aromatic N) is 2. The lowest BCUT2D eigenvalue weighted by atomic mass is 10.0. The Bertz CT molecular complexity index is 1090. The molecule has 1 N–H and O–H groups in total. The number of nitrogens with one attached hydrogen (secondary N) is 1. The zero-order valence-corrected chi connectivity index (χ0v) is 16.8. The largest absolute Gasteiger partial charge is 0.360 e. The molecule has 1 amide bonds. The molecule has 142 valence electrons. The second-order valence-corrected chi connectivity index (χ2v) is 7.73. The molecule has 4 aromatic rings. The lowest BCUT2D eigenvalue weighted by Gasteiger charge is -2.18. The van der Waals surface area contributed by atoms with Crippen molar-refractivity contribution in [1.29, 1.82) is 0 Å². The number of benzene rings is 1. The van der Waals surface area contributed by atoms with Gasteiger partial charge in [-0.2, -0.15) is 0 Å². The van der Waals surface area contributed by atoms with E-state index in [0.717, 1.165) is 27.6 Å². The first-order valence-electron chi connectivity index (χ1n) is 9.06. The van der Waals surface area contributed by atoms with Crippen LogP contribution in [-0.4, -0.2) is 15.6 Å². The molecule has 3 heterocycles. The molecule has 0 radical (unpaired) electrons. The Morgan fingerprint density at radius 2 is 1.89 bits per heavy atom. The highest BCUT2D eigenvalue weighted by molar-refractivity contribution is 7.10. The number of amides is 1. The minimum atomic E-state index is -0.189. The molecule has 0 bridgehead atoms. The first-order chi connectivity index (χ1) is 13.5. The van der Waals surface area contributed by atoms with E-state index in [2.05, 4.69) is 10.5 Å². The van der Waals surface area contributed by atoms with Gasteiger partial charge in [0.25, 0.3) is 5.91 Å². The van der Waals surface area contributed by atoms with Gasteiger partial charge in [0.15, 0.2) is 5.82 Å². The van der Waals surface area contributed by atoms with Gasteiger partial charge in [0.1, 0.15) is 5.76 Å². The number of hydrogen-bond acceptors (Lipinski definition) is 4. The van der Waals surface area contributed by atoms with Gasteiger partial charge in [-0.1, -0.05) is 41.6 Å². The number of aromatic nitrogens is 2. The van der Waals surface area contributed by atoms with Crippen LogP contribution in [0.25, 0.3) is 5.82 Å². The summed E-state index contributed by atoms with van der Waals surface area (Å²) in [6.45, 7) is 5.74. The summed E-state index contributed by atoms with van der Waals surface area (Å²) in [6, 6.07) is 17.6. The van der Waals surface area contributed by atoms with E-state index in [-0.39, 0.29) is 11.9 Å². The van der Waals surface area contributed by atoms with E-state index in [1.165, 1.54) is 0 Å². The van der Waals surface area contributed by atoms with E-state index in [0.29, 0.717) is 11.4 Å². The molecule has 0 unspecified atom stereocenters. The number of carbonyl (C=O) groups is 1. The normalized spacial score (nSPS) is 12.1. The number of hydrogen-bond donors (Lipinski definition) is 1. The molecular weight excluding hydrogens is 370 g/mol. The fourth-order valence-electron chi connectivity index (χ4n) is 3.43. The van der Waals surface area contributed by atoms with Gasteiger partial charge in [-0.25, -0.2) is 0 Å². The van der Waals surface area contributed by atoms with Crippen LogP contribution in [0.15, 0.2) is 64.5 Å². The highest BCUT2D eigenvalue weighted by Crippen LogP contribution is 2.27. The van der Waals surface area contributed by atoms with Gasteiger partial charge >= 0.3 is 0 Å². The van der Waals surface area contributed by atoms with Crippen molar-refractivity contribution < 1.29 is 9.32 Å². The molecule has 28 heavy (non-hydrogen) atoms. The van der Waals surface area contributed by atoms with Crippen molar-refractivity contribution in [3.8, 4) is 5.82 Å². The maximum atomic E-state index is 13.2. The van der Waals surface area contributed by atoms with Gasteiger partial charge in [0, 0.05) is 22.3 Å². The molecule has 0 spiro atoms. The summed E-state index contributed by atoms with van der Waals surface area (Å²) in [6.07, 6.45) is 0. The van der Waals surface area contributed by atoms with Crippen LogP contribution in [-0.2, 0) is 0 Å². The number of carbonyl (C=O) groups excluding carboxylic acids is 1. The monoisotopic (exact) mass is 391 g/mol. The van der Waals surface area contributed by atoms with E-state index < -0.39 is 0 Å². The van der Waals surface area contributed by atoms with Gasteiger partial charge in [0.2, 0.25) is 0 Å². The van der Waals surface area contributed by atoms with Crippen LogP contribution < -0.4 is 5.32 Å². The third-order valence-corrected chi connectivity index (χ3v) is 5.69. The molecule has 5 nitrogen and oxygen atoms in total. The minimum Gasteiger partial charge on any atom is -0.360 e. The molecule has 0 fully saturated rings. The molecule has 1 aromatic carbocycles. The average Bonchev–Trinajstić information content (AvgIpc) is 3.42. The molecule has 3 aromatic heterocycles. The van der Waals surface area contributed by atoms with E-state index in [9.17, 15) is 4.79 Å². The maximum Gasteiger partial charge on any atom is 0.253 e. The van der Waals surface area contributed by atoms with Crippen LogP contribution in [0.4, 0.5) is 0 Å². The molecule has 1 atom stereocenters. The van der Waals surface area contributed by atoms with Gasteiger partial charge in [-0.05, 0) is 43.8 Å². The Morgan fingerprint density at radius 1 is 1.11 bits per heavy atom. The molecule has 0 saturated heterocycles. The first kappa shape index (κ1) is 18.3. The maximum absolute atomic E-state index is 13.2. The van der Waals surface area contributed by atoms with Gasteiger partial charge < -0.3 is 9.84 Å². The standard InChI is InChI=1S/C22H21N3O2S/c1-14-12-18(16(3)25(14)20-13-15(2)27-24-20)22(26)23-21(19-10-7-11-28-19)17-8-5-4-6-9-17/h4-13,21H,1-3H3,(H,23,26)/t21-/m0/s1. The van der Waals surface area contributed by atoms with Crippen LogP contribution in [0.5, 0.6) is 0 Å². The smallest absolute Gasteiger partial charge is 0.253 e. The summed E-state index contributed by atoms with van der Waals surface area (Å²) in [5.74, 6) is 1.31. The molecule has 0 saturated carbocycles. The molecule has 6 heteroatoms. The Labute approximate surface area is 167 Å². The van der Waals surface area contributed by atoms with Crippen LogP contribution in [0.2, 0.25) is 0 Å². The third-order valence-electron chi connectivity index (χ3n) is 4.76. The summed E-state index contributed by atoms with van der Waals surface area (Å²) >= 11 is 1.63. The molecular formula is C22H21N3O2S. The summed E-state index contributed by atoms with van der Waals surface area (Å²) in [5.41, 5.74) is 3.46. The van der Waals surface area contributed by atoms with Gasteiger partial charge in [-0.15, -0.1) is 11.3 Å². The Kier molecular flexibility index (Phi) is 4.88. The van der Waals surface area contributed by atoms with Crippen molar-refractivity contribution in [1.82, 2.24) is 15.0 Å². The predicted octanol–water partition coefficient (Wildman–Crippen LogP) is 4.97. The van der Waals surface area contributed by atoms with Crippen molar-refractivity contribution >= 4 is 17.2 Å². The van der Waals surface area contributed by atoms with E-state index in [4.69, 9.17) is 4.52 Å². The van der Waals surface area contributed by atoms with Crippen molar-refractivity contribution in [3.05, 3.63) is 93.1 Å². The minimum absolute atomic E-state index is 0.109. The highest BCUT2D eigenvalue weighted by atomic mass is 32.1. The van der Waals surface area contributed by atoms with Crippen molar-refractivity contribution in [2.45, 2.75) is 26.8 Å². The highest BCUT2D eigenvalue weighted by Gasteiger charge is 2.23. The van der Waals surface area contributed by atoms with Crippen LogP contribution in [0.1, 0.15) is 44.0 Å². The zero-order chi connectivity index (χ0) is 19.7. The van der Waals surface area contributed by atoms with E-state index in [1.807, 2.05) is 85.3 Å². The Balaban J connectivity index is 1.67. The second-order valence-electron chi connectivity index (χ2n) is 6.75. The summed E-state index contributed by atoms with van der Waals surface area (Å²) < 4.78 is 7.14. The Morgan fingerprint density at radius 3 is 2.54 bits per heavy atom. The van der Waals surface area contributed by atoms with Crippen molar-refractivity contribution in [2.75, 3.05) is 0 Å². The number of aryl methyl sites for hydroxylation is 2. The van der Waals surface area contributed by atoms with Crippen molar-refractivity contribution in [3.63, 3.8) is 0 Å². The number of thiophene rings is 1. The van der Waals surface area contributed by atoms with E-state index >= 15 is 0 Å². The SMILES string of the molecule is Cc1cc(-n2c(C)cc(C(=O)N[C@@H](c3ccccc3)c3cccs3)c2C)no1. The topological polar surface area (TPSA) is 60.1 Å². The second kappa shape index (κ2) is 7.48. The summed E-state index contributed by atoms with van der Waals surface area (Å²) in [7, 11) is 0. The fourth-order valence-corrected chi connectivity index (χ4v) is 4.23.